The third-order valence-electron chi connectivity index (χ3n) is 5.80. The Morgan fingerprint density at radius 3 is 2.58 bits per heavy atom. The van der Waals surface area contributed by atoms with Crippen molar-refractivity contribution >= 4 is 11.8 Å². The Kier molecular flexibility index (Phi) is 7.78. The van der Waals surface area contributed by atoms with E-state index in [1.54, 1.807) is 12.4 Å². The molecule has 1 saturated carbocycles. The number of likely N-dealkylation sites (tertiary alicyclic amines) is 1. The molecule has 0 spiro atoms. The zero-order chi connectivity index (χ0) is 22.3. The molecule has 0 aromatic carbocycles. The lowest BCUT2D eigenvalue weighted by molar-refractivity contribution is -0.192. The van der Waals surface area contributed by atoms with Crippen LogP contribution in [-0.2, 0) is 11.3 Å². The second-order valence-corrected chi connectivity index (χ2v) is 7.94. The summed E-state index contributed by atoms with van der Waals surface area (Å²) < 4.78 is 31.7. The maximum absolute atomic E-state index is 10.6. The molecule has 3 heterocycles. The van der Waals surface area contributed by atoms with Crippen molar-refractivity contribution in [3.8, 4) is 0 Å². The first kappa shape index (κ1) is 22.9. The number of hydrogen-bond acceptors (Lipinski definition) is 6. The van der Waals surface area contributed by atoms with Crippen LogP contribution in [-0.4, -0.2) is 56.7 Å². The van der Waals surface area contributed by atoms with Crippen LogP contribution in [0, 0.1) is 17.8 Å². The fourth-order valence-electron chi connectivity index (χ4n) is 4.44. The number of halogens is 3. The highest BCUT2D eigenvalue weighted by Crippen LogP contribution is 2.40. The van der Waals surface area contributed by atoms with Gasteiger partial charge in [-0.15, -0.1) is 0 Å². The Balaban J connectivity index is 0.000000339. The van der Waals surface area contributed by atoms with E-state index in [4.69, 9.17) is 9.90 Å². The minimum Gasteiger partial charge on any atom is -0.475 e. The summed E-state index contributed by atoms with van der Waals surface area (Å²) in [6, 6.07) is 4.22. The van der Waals surface area contributed by atoms with Crippen molar-refractivity contribution in [3.63, 3.8) is 0 Å². The van der Waals surface area contributed by atoms with Crippen LogP contribution < -0.4 is 5.32 Å². The van der Waals surface area contributed by atoms with Crippen LogP contribution in [0.2, 0.25) is 0 Å². The molecule has 1 saturated heterocycles. The summed E-state index contributed by atoms with van der Waals surface area (Å²) in [6.07, 6.45) is 8.10. The van der Waals surface area contributed by atoms with E-state index < -0.39 is 12.1 Å². The van der Waals surface area contributed by atoms with Crippen LogP contribution in [0.4, 0.5) is 19.0 Å². The molecule has 0 radical (unpaired) electrons. The van der Waals surface area contributed by atoms with Crippen LogP contribution in [0.15, 0.2) is 43.1 Å². The van der Waals surface area contributed by atoms with E-state index in [2.05, 4.69) is 31.2 Å². The first-order valence-corrected chi connectivity index (χ1v) is 10.2. The van der Waals surface area contributed by atoms with Gasteiger partial charge < -0.3 is 10.4 Å². The number of carboxylic acids is 1. The Hall–Kier alpha value is -2.75. The number of hydrogen-bond donors (Lipinski definition) is 2. The minimum absolute atomic E-state index is 0.740. The molecule has 168 valence electrons. The SMILES string of the molecule is O=C(O)C(F)(F)F.c1cncc(CN2C[C@H]3CCC[C@@H](CNc4cnccn4)[C@H]3C2)c1. The molecule has 2 N–H and O–H groups in total. The third-order valence-corrected chi connectivity index (χ3v) is 5.80. The largest absolute Gasteiger partial charge is 0.490 e. The second-order valence-electron chi connectivity index (χ2n) is 7.94. The summed E-state index contributed by atoms with van der Waals surface area (Å²) in [4.78, 5) is 24.2. The van der Waals surface area contributed by atoms with Crippen molar-refractivity contribution in [1.82, 2.24) is 19.9 Å². The molecule has 3 atom stereocenters. The molecule has 2 aromatic heterocycles. The van der Waals surface area contributed by atoms with Crippen LogP contribution in [0.5, 0.6) is 0 Å². The van der Waals surface area contributed by atoms with Crippen molar-refractivity contribution in [2.75, 3.05) is 25.0 Å². The van der Waals surface area contributed by atoms with Gasteiger partial charge in [0.1, 0.15) is 5.82 Å². The lowest BCUT2D eigenvalue weighted by Gasteiger charge is -2.33. The summed E-state index contributed by atoms with van der Waals surface area (Å²) in [7, 11) is 0. The van der Waals surface area contributed by atoms with Gasteiger partial charge in [0.2, 0.25) is 0 Å². The number of aromatic nitrogens is 3. The van der Waals surface area contributed by atoms with Gasteiger partial charge in [-0.1, -0.05) is 12.5 Å². The highest BCUT2D eigenvalue weighted by molar-refractivity contribution is 5.73. The predicted molar refractivity (Wildman–Crippen MR) is 108 cm³/mol. The van der Waals surface area contributed by atoms with E-state index in [0.29, 0.717) is 0 Å². The summed E-state index contributed by atoms with van der Waals surface area (Å²) in [6.45, 7) is 4.50. The smallest absolute Gasteiger partial charge is 0.475 e. The number of alkyl halides is 3. The molecular formula is C21H26F3N5O2. The summed E-state index contributed by atoms with van der Waals surface area (Å²) >= 11 is 0. The zero-order valence-corrected chi connectivity index (χ0v) is 17.0. The van der Waals surface area contributed by atoms with Crippen molar-refractivity contribution in [2.24, 2.45) is 17.8 Å². The number of carboxylic acid groups (broad SMARTS) is 1. The molecular weight excluding hydrogens is 411 g/mol. The lowest BCUT2D eigenvalue weighted by atomic mass is 9.74. The molecule has 0 bridgehead atoms. The van der Waals surface area contributed by atoms with E-state index in [1.807, 2.05) is 24.7 Å². The molecule has 2 aliphatic rings. The van der Waals surface area contributed by atoms with Crippen molar-refractivity contribution in [1.29, 1.82) is 0 Å². The van der Waals surface area contributed by atoms with E-state index in [1.165, 1.54) is 37.9 Å². The first-order chi connectivity index (χ1) is 14.8. The molecule has 7 nitrogen and oxygen atoms in total. The standard InChI is InChI=1S/C19H25N5.C2HF3O2/c1-4-16(10-23-19-11-21-7-8-22-19)18-14-24(13-17(18)5-1)12-15-3-2-6-20-9-15;3-2(4,5)1(6)7/h2-3,6-9,11,16-18H,1,4-5,10,12-14H2,(H,22,23);(H,6,7)/t16-,17+,18+;/m0./s1. The fourth-order valence-corrected chi connectivity index (χ4v) is 4.44. The molecule has 2 aromatic rings. The van der Waals surface area contributed by atoms with Gasteiger partial charge >= 0.3 is 12.1 Å². The summed E-state index contributed by atoms with van der Waals surface area (Å²) in [5, 5.41) is 10.6. The second kappa shape index (κ2) is 10.5. The highest BCUT2D eigenvalue weighted by Gasteiger charge is 2.40. The lowest BCUT2D eigenvalue weighted by Crippen LogP contribution is -2.32. The van der Waals surface area contributed by atoms with Gasteiger partial charge in [-0.05, 0) is 42.2 Å². The summed E-state index contributed by atoms with van der Waals surface area (Å²) in [5.41, 5.74) is 1.32. The van der Waals surface area contributed by atoms with E-state index >= 15 is 0 Å². The first-order valence-electron chi connectivity index (χ1n) is 10.2. The van der Waals surface area contributed by atoms with E-state index in [-0.39, 0.29) is 0 Å². The van der Waals surface area contributed by atoms with Crippen molar-refractivity contribution in [3.05, 3.63) is 48.7 Å². The Morgan fingerprint density at radius 1 is 1.16 bits per heavy atom. The van der Waals surface area contributed by atoms with Crippen LogP contribution in [0.1, 0.15) is 24.8 Å². The molecule has 1 aliphatic carbocycles. The van der Waals surface area contributed by atoms with Crippen LogP contribution >= 0.6 is 0 Å². The van der Waals surface area contributed by atoms with Gasteiger partial charge in [-0.25, -0.2) is 9.78 Å². The highest BCUT2D eigenvalue weighted by atomic mass is 19.4. The van der Waals surface area contributed by atoms with Gasteiger partial charge in [-0.3, -0.25) is 14.9 Å². The Morgan fingerprint density at radius 2 is 1.94 bits per heavy atom. The van der Waals surface area contributed by atoms with Gasteiger partial charge in [-0.2, -0.15) is 13.2 Å². The maximum atomic E-state index is 10.6. The molecule has 10 heteroatoms. The fraction of sp³-hybridized carbons (Fsp3) is 0.524. The molecule has 31 heavy (non-hydrogen) atoms. The normalized spacial score (nSPS) is 23.4. The Bertz CT molecular complexity index is 823. The maximum Gasteiger partial charge on any atom is 0.490 e. The Labute approximate surface area is 178 Å². The molecule has 0 unspecified atom stereocenters. The molecule has 0 amide bonds. The van der Waals surface area contributed by atoms with Crippen LogP contribution in [0.3, 0.4) is 0 Å². The zero-order valence-electron chi connectivity index (χ0n) is 17.0. The van der Waals surface area contributed by atoms with Gasteiger partial charge in [0, 0.05) is 51.0 Å². The molecule has 2 fully saturated rings. The van der Waals surface area contributed by atoms with Crippen molar-refractivity contribution in [2.45, 2.75) is 32.0 Å². The molecule has 4 rings (SSSR count). The summed E-state index contributed by atoms with van der Waals surface area (Å²) in [5.74, 6) is 0.533. The number of carbonyl (C=O) groups is 1. The number of aliphatic carboxylic acids is 1. The van der Waals surface area contributed by atoms with Gasteiger partial charge in [0.25, 0.3) is 0 Å². The van der Waals surface area contributed by atoms with E-state index in [9.17, 15) is 13.2 Å². The number of rotatable bonds is 5. The average molecular weight is 437 g/mol. The minimum atomic E-state index is -5.08. The quantitative estimate of drug-likeness (QED) is 0.740. The number of anilines is 1. The topological polar surface area (TPSA) is 91.2 Å². The number of nitrogens with one attached hydrogen (secondary N) is 1. The van der Waals surface area contributed by atoms with Crippen molar-refractivity contribution < 1.29 is 23.1 Å². The number of fused-ring (bicyclic) bond motifs is 1. The molecule has 1 aliphatic heterocycles. The predicted octanol–water partition coefficient (Wildman–Crippen LogP) is 3.47. The van der Waals surface area contributed by atoms with Crippen LogP contribution in [0.25, 0.3) is 0 Å². The monoisotopic (exact) mass is 437 g/mol. The number of pyridine rings is 1. The average Bonchev–Trinajstić information content (AvgIpc) is 3.16. The number of nitrogens with zero attached hydrogens (tertiary/aromatic N) is 4. The van der Waals surface area contributed by atoms with Gasteiger partial charge in [0.15, 0.2) is 0 Å². The van der Waals surface area contributed by atoms with E-state index in [0.717, 1.165) is 36.7 Å². The third kappa shape index (κ3) is 6.88. The van der Waals surface area contributed by atoms with Gasteiger partial charge in [0.05, 0.1) is 6.20 Å².